The molecule has 82 valence electrons. The molecular formula is C10H13NO3S. The van der Waals surface area contributed by atoms with E-state index in [2.05, 4.69) is 11.9 Å². The number of aliphatic carboxylic acids is 1. The third-order valence-electron chi connectivity index (χ3n) is 2.61. The van der Waals surface area contributed by atoms with Crippen molar-refractivity contribution in [3.63, 3.8) is 0 Å². The molecule has 0 aromatic carbocycles. The van der Waals surface area contributed by atoms with Crippen molar-refractivity contribution in [2.24, 2.45) is 0 Å². The molecule has 1 aromatic rings. The van der Waals surface area contributed by atoms with Crippen LogP contribution in [0, 0.1) is 0 Å². The Morgan fingerprint density at radius 3 is 3.20 bits per heavy atom. The number of nitrogens with zero attached hydrogens (tertiary/aromatic N) is 1. The normalized spacial score (nSPS) is 25.7. The van der Waals surface area contributed by atoms with E-state index < -0.39 is 5.97 Å². The van der Waals surface area contributed by atoms with Gasteiger partial charge < -0.3 is 9.84 Å². The van der Waals surface area contributed by atoms with Crippen LogP contribution < -0.4 is 0 Å². The third-order valence-corrected chi connectivity index (χ3v) is 3.92. The highest BCUT2D eigenvalue weighted by Gasteiger charge is 2.34. The minimum absolute atomic E-state index is 0.0125. The first kappa shape index (κ1) is 10.6. The van der Waals surface area contributed by atoms with Crippen molar-refractivity contribution >= 4 is 17.3 Å². The van der Waals surface area contributed by atoms with E-state index >= 15 is 0 Å². The van der Waals surface area contributed by atoms with Crippen molar-refractivity contribution in [3.05, 3.63) is 16.1 Å². The standard InChI is InChI=1S/C10H13NO3S/c1-10(2-3-14-6-10)9-11-5-7(15-9)4-8(12)13/h5H,2-4,6H2,1H3,(H,12,13). The summed E-state index contributed by atoms with van der Waals surface area (Å²) in [4.78, 5) is 15.6. The number of carboxylic acid groups (broad SMARTS) is 1. The molecule has 2 rings (SSSR count). The average Bonchev–Trinajstić information content (AvgIpc) is 2.74. The molecule has 1 N–H and O–H groups in total. The van der Waals surface area contributed by atoms with E-state index in [-0.39, 0.29) is 11.8 Å². The largest absolute Gasteiger partial charge is 0.481 e. The summed E-state index contributed by atoms with van der Waals surface area (Å²) in [6.45, 7) is 3.57. The summed E-state index contributed by atoms with van der Waals surface area (Å²) in [6, 6.07) is 0. The van der Waals surface area contributed by atoms with Crippen molar-refractivity contribution < 1.29 is 14.6 Å². The minimum Gasteiger partial charge on any atom is -0.481 e. The second-order valence-corrected chi connectivity index (χ2v) is 5.18. The van der Waals surface area contributed by atoms with Crippen LogP contribution in [0.3, 0.4) is 0 Å². The van der Waals surface area contributed by atoms with Crippen LogP contribution in [0.15, 0.2) is 6.20 Å². The maximum atomic E-state index is 10.5. The number of hydrogen-bond donors (Lipinski definition) is 1. The molecule has 0 amide bonds. The Hall–Kier alpha value is -0.940. The predicted octanol–water partition coefficient (Wildman–Crippen LogP) is 1.45. The molecule has 1 unspecified atom stereocenters. The van der Waals surface area contributed by atoms with Gasteiger partial charge in [0.1, 0.15) is 5.01 Å². The fourth-order valence-corrected chi connectivity index (χ4v) is 2.72. The van der Waals surface area contributed by atoms with Crippen molar-refractivity contribution in [2.45, 2.75) is 25.2 Å². The zero-order valence-corrected chi connectivity index (χ0v) is 9.34. The van der Waals surface area contributed by atoms with Crippen LogP contribution in [0.25, 0.3) is 0 Å². The molecule has 0 aliphatic carbocycles. The first-order valence-corrected chi connectivity index (χ1v) is 5.66. The minimum atomic E-state index is -0.807. The molecule has 1 saturated heterocycles. The van der Waals surface area contributed by atoms with Gasteiger partial charge in [0.05, 0.1) is 13.0 Å². The summed E-state index contributed by atoms with van der Waals surface area (Å²) in [5.74, 6) is -0.807. The lowest BCUT2D eigenvalue weighted by Gasteiger charge is -2.17. The lowest BCUT2D eigenvalue weighted by atomic mass is 9.91. The van der Waals surface area contributed by atoms with Gasteiger partial charge in [0.2, 0.25) is 0 Å². The zero-order valence-electron chi connectivity index (χ0n) is 8.52. The Morgan fingerprint density at radius 2 is 2.60 bits per heavy atom. The fourth-order valence-electron chi connectivity index (χ4n) is 1.65. The van der Waals surface area contributed by atoms with E-state index in [9.17, 15) is 4.79 Å². The van der Waals surface area contributed by atoms with Gasteiger partial charge in [-0.25, -0.2) is 4.98 Å². The van der Waals surface area contributed by atoms with Crippen LogP contribution in [-0.2, 0) is 21.4 Å². The molecular weight excluding hydrogens is 214 g/mol. The molecule has 0 spiro atoms. The number of ether oxygens (including phenoxy) is 1. The summed E-state index contributed by atoms with van der Waals surface area (Å²) in [6.07, 6.45) is 2.69. The van der Waals surface area contributed by atoms with Crippen molar-refractivity contribution in [1.82, 2.24) is 4.98 Å². The second-order valence-electron chi connectivity index (χ2n) is 4.07. The Labute approximate surface area is 91.9 Å². The van der Waals surface area contributed by atoms with E-state index in [0.717, 1.165) is 22.9 Å². The monoisotopic (exact) mass is 227 g/mol. The molecule has 1 fully saturated rings. The van der Waals surface area contributed by atoms with Gasteiger partial charge in [0.25, 0.3) is 0 Å². The second kappa shape index (κ2) is 3.90. The number of thiazole rings is 1. The summed E-state index contributed by atoms with van der Waals surface area (Å²) in [5, 5.41) is 9.66. The molecule has 1 aliphatic rings. The Morgan fingerprint density at radius 1 is 1.80 bits per heavy atom. The maximum absolute atomic E-state index is 10.5. The number of aromatic nitrogens is 1. The van der Waals surface area contributed by atoms with E-state index in [1.54, 1.807) is 6.20 Å². The molecule has 0 radical (unpaired) electrons. The van der Waals surface area contributed by atoms with E-state index in [0.29, 0.717) is 6.61 Å². The summed E-state index contributed by atoms with van der Waals surface area (Å²) >= 11 is 1.49. The van der Waals surface area contributed by atoms with Gasteiger partial charge in [0, 0.05) is 23.1 Å². The van der Waals surface area contributed by atoms with Gasteiger partial charge in [-0.2, -0.15) is 0 Å². The van der Waals surface area contributed by atoms with Gasteiger partial charge in [0.15, 0.2) is 0 Å². The van der Waals surface area contributed by atoms with Gasteiger partial charge in [-0.05, 0) is 6.42 Å². The first-order valence-electron chi connectivity index (χ1n) is 4.85. The van der Waals surface area contributed by atoms with E-state index in [1.807, 2.05) is 0 Å². The van der Waals surface area contributed by atoms with Crippen LogP contribution in [0.4, 0.5) is 0 Å². The van der Waals surface area contributed by atoms with Crippen LogP contribution in [0.5, 0.6) is 0 Å². The first-order chi connectivity index (χ1) is 7.10. The zero-order chi connectivity index (χ0) is 10.9. The van der Waals surface area contributed by atoms with E-state index in [4.69, 9.17) is 9.84 Å². The summed E-state index contributed by atoms with van der Waals surface area (Å²) in [7, 11) is 0. The number of carbonyl (C=O) groups is 1. The molecule has 0 bridgehead atoms. The summed E-state index contributed by atoms with van der Waals surface area (Å²) < 4.78 is 5.36. The SMILES string of the molecule is CC1(c2ncc(CC(=O)O)s2)CCOC1. The molecule has 1 aromatic heterocycles. The van der Waals surface area contributed by atoms with Crippen molar-refractivity contribution in [3.8, 4) is 0 Å². The van der Waals surface area contributed by atoms with Gasteiger partial charge in [-0.1, -0.05) is 6.92 Å². The topological polar surface area (TPSA) is 59.4 Å². The lowest BCUT2D eigenvalue weighted by molar-refractivity contribution is -0.136. The number of hydrogen-bond acceptors (Lipinski definition) is 4. The fraction of sp³-hybridized carbons (Fsp3) is 0.600. The molecule has 5 heteroatoms. The van der Waals surface area contributed by atoms with Crippen molar-refractivity contribution in [1.29, 1.82) is 0 Å². The molecule has 1 atom stereocenters. The highest BCUT2D eigenvalue weighted by molar-refractivity contribution is 7.11. The third kappa shape index (κ3) is 2.18. The van der Waals surface area contributed by atoms with E-state index in [1.165, 1.54) is 11.3 Å². The van der Waals surface area contributed by atoms with Gasteiger partial charge in [-0.15, -0.1) is 11.3 Å². The maximum Gasteiger partial charge on any atom is 0.308 e. The Balaban J connectivity index is 2.15. The molecule has 15 heavy (non-hydrogen) atoms. The van der Waals surface area contributed by atoms with Crippen LogP contribution in [0.2, 0.25) is 0 Å². The average molecular weight is 227 g/mol. The Kier molecular flexibility index (Phi) is 2.75. The Bertz CT molecular complexity index is 368. The molecule has 1 aliphatic heterocycles. The van der Waals surface area contributed by atoms with Gasteiger partial charge >= 0.3 is 5.97 Å². The highest BCUT2D eigenvalue weighted by atomic mass is 32.1. The number of rotatable bonds is 3. The molecule has 0 saturated carbocycles. The highest BCUT2D eigenvalue weighted by Crippen LogP contribution is 2.35. The summed E-state index contributed by atoms with van der Waals surface area (Å²) in [5.41, 5.74) is -0.0125. The predicted molar refractivity (Wildman–Crippen MR) is 56.2 cm³/mol. The lowest BCUT2D eigenvalue weighted by Crippen LogP contribution is -2.21. The quantitative estimate of drug-likeness (QED) is 0.849. The molecule has 4 nitrogen and oxygen atoms in total. The molecule has 2 heterocycles. The van der Waals surface area contributed by atoms with Crippen molar-refractivity contribution in [2.75, 3.05) is 13.2 Å². The van der Waals surface area contributed by atoms with Crippen LogP contribution in [-0.4, -0.2) is 29.3 Å². The number of carboxylic acids is 1. The smallest absolute Gasteiger partial charge is 0.308 e. The van der Waals surface area contributed by atoms with Crippen LogP contribution in [0.1, 0.15) is 23.2 Å². The van der Waals surface area contributed by atoms with Gasteiger partial charge in [-0.3, -0.25) is 4.79 Å². The van der Waals surface area contributed by atoms with Crippen LogP contribution >= 0.6 is 11.3 Å².